The molecule has 138 valence electrons. The number of hydrogen-bond acceptors (Lipinski definition) is 7. The van der Waals surface area contributed by atoms with Gasteiger partial charge < -0.3 is 18.9 Å². The summed E-state index contributed by atoms with van der Waals surface area (Å²) in [5.41, 5.74) is -0.547. The van der Waals surface area contributed by atoms with E-state index in [4.69, 9.17) is 18.9 Å². The van der Waals surface area contributed by atoms with Crippen molar-refractivity contribution in [2.45, 2.75) is 38.9 Å². The predicted octanol–water partition coefficient (Wildman–Crippen LogP) is 2.41. The summed E-state index contributed by atoms with van der Waals surface area (Å²) >= 11 is 0. The minimum atomic E-state index is -0.664. The number of pyridine rings is 1. The maximum atomic E-state index is 12.2. The van der Waals surface area contributed by atoms with Crippen LogP contribution in [0.4, 0.5) is 10.6 Å². The molecule has 1 atom stereocenters. The number of carbonyl (C=O) groups excluding carboxylic acids is 2. The summed E-state index contributed by atoms with van der Waals surface area (Å²) in [6.07, 6.45) is 1.53. The zero-order valence-corrected chi connectivity index (χ0v) is 15.2. The van der Waals surface area contributed by atoms with Crippen molar-refractivity contribution < 1.29 is 28.5 Å². The minimum Gasteiger partial charge on any atom is -0.486 e. The molecule has 25 heavy (non-hydrogen) atoms. The molecule has 2 rings (SSSR count). The van der Waals surface area contributed by atoms with E-state index in [1.807, 2.05) is 0 Å². The Kier molecular flexibility index (Phi) is 5.84. The van der Waals surface area contributed by atoms with Crippen LogP contribution in [0.5, 0.6) is 5.75 Å². The predicted molar refractivity (Wildman–Crippen MR) is 90.1 cm³/mol. The van der Waals surface area contributed by atoms with Crippen LogP contribution >= 0.6 is 0 Å². The highest BCUT2D eigenvalue weighted by atomic mass is 16.6. The van der Waals surface area contributed by atoms with Gasteiger partial charge in [-0.2, -0.15) is 0 Å². The van der Waals surface area contributed by atoms with Crippen LogP contribution in [0.3, 0.4) is 0 Å². The Morgan fingerprint density at radius 2 is 2.08 bits per heavy atom. The van der Waals surface area contributed by atoms with Crippen molar-refractivity contribution in [2.24, 2.45) is 0 Å². The molecule has 8 heteroatoms. The monoisotopic (exact) mass is 352 g/mol. The fraction of sp³-hybridized carbons (Fsp3) is 0.588. The molecule has 0 unspecified atom stereocenters. The van der Waals surface area contributed by atoms with Gasteiger partial charge in [-0.05, 0) is 20.8 Å². The van der Waals surface area contributed by atoms with Crippen LogP contribution in [-0.4, -0.2) is 56.1 Å². The van der Waals surface area contributed by atoms with Crippen molar-refractivity contribution in [1.82, 2.24) is 4.98 Å². The van der Waals surface area contributed by atoms with E-state index in [1.165, 1.54) is 31.3 Å². The summed E-state index contributed by atoms with van der Waals surface area (Å²) in [5.74, 6) is -0.0700. The van der Waals surface area contributed by atoms with Crippen LogP contribution in [0.25, 0.3) is 0 Å². The molecule has 8 nitrogen and oxygen atoms in total. The number of nitrogens with zero attached hydrogens (tertiary/aromatic N) is 2. The lowest BCUT2D eigenvalue weighted by Gasteiger charge is -2.25. The van der Waals surface area contributed by atoms with Gasteiger partial charge in [-0.15, -0.1) is 0 Å². The summed E-state index contributed by atoms with van der Waals surface area (Å²) in [7, 11) is 2.74. The average Bonchev–Trinajstić information content (AvgIpc) is 3.04. The minimum absolute atomic E-state index is 0.0817. The molecule has 0 N–H and O–H groups in total. The van der Waals surface area contributed by atoms with Gasteiger partial charge >= 0.3 is 12.1 Å². The third-order valence-corrected chi connectivity index (χ3v) is 3.42. The fourth-order valence-electron chi connectivity index (χ4n) is 2.25. The second-order valence-electron chi connectivity index (χ2n) is 6.68. The largest absolute Gasteiger partial charge is 0.486 e. The highest BCUT2D eigenvalue weighted by Gasteiger charge is 2.26. The van der Waals surface area contributed by atoms with Crippen molar-refractivity contribution >= 4 is 17.9 Å². The number of rotatable bonds is 4. The van der Waals surface area contributed by atoms with Gasteiger partial charge in [0, 0.05) is 19.5 Å². The van der Waals surface area contributed by atoms with Gasteiger partial charge in [-0.1, -0.05) is 0 Å². The van der Waals surface area contributed by atoms with Crippen LogP contribution in [0, 0.1) is 0 Å². The summed E-state index contributed by atoms with van der Waals surface area (Å²) in [6, 6.07) is 1.51. The molecule has 1 saturated heterocycles. The number of methoxy groups -OCH3 is 1. The van der Waals surface area contributed by atoms with Crippen molar-refractivity contribution in [3.63, 3.8) is 0 Å². The Morgan fingerprint density at radius 1 is 1.36 bits per heavy atom. The maximum absolute atomic E-state index is 12.2. The molecule has 1 aliphatic heterocycles. The van der Waals surface area contributed by atoms with Gasteiger partial charge in [0.1, 0.15) is 23.0 Å². The number of esters is 1. The molecule has 1 fully saturated rings. The topological polar surface area (TPSA) is 87.2 Å². The Hall–Kier alpha value is -2.35. The molecule has 0 spiro atoms. The molecular weight excluding hydrogens is 328 g/mol. The van der Waals surface area contributed by atoms with Crippen molar-refractivity contribution in [2.75, 3.05) is 32.3 Å². The summed E-state index contributed by atoms with van der Waals surface area (Å²) in [6.45, 7) is 6.41. The second-order valence-corrected chi connectivity index (χ2v) is 6.68. The molecule has 0 radical (unpaired) electrons. The SMILES string of the molecule is COC(=O)c1cc(O[C@H]2CCOC2)cnc1N(C)C(=O)OC(C)(C)C. The van der Waals surface area contributed by atoms with Crippen LogP contribution in [0.1, 0.15) is 37.6 Å². The summed E-state index contributed by atoms with van der Waals surface area (Å²) in [5, 5.41) is 0. The standard InChI is InChI=1S/C17H24N2O6/c1-17(2,3)25-16(21)19(4)14-13(15(20)22-5)8-12(9-18-14)24-11-6-7-23-10-11/h8-9,11H,6-7,10H2,1-5H3/t11-/m0/s1. The van der Waals surface area contributed by atoms with E-state index < -0.39 is 17.7 Å². The Labute approximate surface area is 147 Å². The smallest absolute Gasteiger partial charge is 0.415 e. The zero-order chi connectivity index (χ0) is 18.6. The Morgan fingerprint density at radius 3 is 2.64 bits per heavy atom. The fourth-order valence-corrected chi connectivity index (χ4v) is 2.25. The van der Waals surface area contributed by atoms with E-state index in [-0.39, 0.29) is 17.5 Å². The molecule has 2 heterocycles. The van der Waals surface area contributed by atoms with Crippen LogP contribution < -0.4 is 9.64 Å². The third kappa shape index (κ3) is 5.06. The number of ether oxygens (including phenoxy) is 4. The first kappa shape index (κ1) is 19.0. The number of hydrogen-bond donors (Lipinski definition) is 0. The van der Waals surface area contributed by atoms with Crippen LogP contribution in [0.2, 0.25) is 0 Å². The lowest BCUT2D eigenvalue weighted by atomic mass is 10.2. The maximum Gasteiger partial charge on any atom is 0.415 e. The number of carbonyl (C=O) groups is 2. The first-order valence-electron chi connectivity index (χ1n) is 8.00. The van der Waals surface area contributed by atoms with Crippen LogP contribution in [-0.2, 0) is 14.2 Å². The van der Waals surface area contributed by atoms with E-state index >= 15 is 0 Å². The zero-order valence-electron chi connectivity index (χ0n) is 15.2. The van der Waals surface area contributed by atoms with Crippen molar-refractivity contribution in [3.05, 3.63) is 17.8 Å². The van der Waals surface area contributed by atoms with E-state index in [1.54, 1.807) is 20.8 Å². The van der Waals surface area contributed by atoms with Crippen molar-refractivity contribution in [1.29, 1.82) is 0 Å². The lowest BCUT2D eigenvalue weighted by molar-refractivity contribution is 0.0585. The molecule has 1 aliphatic rings. The van der Waals surface area contributed by atoms with Gasteiger partial charge in [0.2, 0.25) is 0 Å². The Balaban J connectivity index is 2.26. The van der Waals surface area contributed by atoms with E-state index in [9.17, 15) is 9.59 Å². The lowest BCUT2D eigenvalue weighted by Crippen LogP contribution is -2.35. The molecule has 0 aromatic carbocycles. The number of aromatic nitrogens is 1. The average molecular weight is 352 g/mol. The van der Waals surface area contributed by atoms with E-state index in [2.05, 4.69) is 4.98 Å². The van der Waals surface area contributed by atoms with Gasteiger partial charge in [0.15, 0.2) is 5.82 Å². The third-order valence-electron chi connectivity index (χ3n) is 3.42. The highest BCUT2D eigenvalue weighted by Crippen LogP contribution is 2.25. The van der Waals surface area contributed by atoms with Gasteiger partial charge in [-0.25, -0.2) is 14.6 Å². The first-order chi connectivity index (χ1) is 11.7. The molecule has 1 amide bonds. The molecular formula is C17H24N2O6. The van der Waals surface area contributed by atoms with Gasteiger partial charge in [-0.3, -0.25) is 4.90 Å². The molecule has 1 aromatic rings. The second kappa shape index (κ2) is 7.69. The normalized spacial score (nSPS) is 17.1. The number of amides is 1. The van der Waals surface area contributed by atoms with Crippen molar-refractivity contribution in [3.8, 4) is 5.75 Å². The van der Waals surface area contributed by atoms with Crippen LogP contribution in [0.15, 0.2) is 12.3 Å². The summed E-state index contributed by atoms with van der Waals surface area (Å²) < 4.78 is 21.1. The molecule has 1 aromatic heterocycles. The summed E-state index contributed by atoms with van der Waals surface area (Å²) in [4.78, 5) is 29.7. The van der Waals surface area contributed by atoms with Gasteiger partial charge in [0.25, 0.3) is 0 Å². The molecule has 0 aliphatic carbocycles. The quantitative estimate of drug-likeness (QED) is 0.769. The highest BCUT2D eigenvalue weighted by molar-refractivity contribution is 5.99. The Bertz CT molecular complexity index is 635. The first-order valence-corrected chi connectivity index (χ1v) is 8.00. The molecule has 0 saturated carbocycles. The van der Waals surface area contributed by atoms with Gasteiger partial charge in [0.05, 0.1) is 26.5 Å². The van der Waals surface area contributed by atoms with E-state index in [0.717, 1.165) is 6.42 Å². The number of anilines is 1. The molecule has 0 bridgehead atoms. The van der Waals surface area contributed by atoms with E-state index in [0.29, 0.717) is 19.0 Å².